The minimum absolute atomic E-state index is 0.0566. The lowest BCUT2D eigenvalue weighted by molar-refractivity contribution is 0.0324. The number of halogens is 1. The minimum Gasteiger partial charge on any atom is -0.477 e. The third-order valence-electron chi connectivity index (χ3n) is 4.58. The predicted molar refractivity (Wildman–Crippen MR) is 86.4 cm³/mol. The smallest absolute Gasteiger partial charge is 0.354 e. The first-order valence-corrected chi connectivity index (χ1v) is 7.84. The Morgan fingerprint density at radius 1 is 1.28 bits per heavy atom. The molecule has 0 amide bonds. The average molecular weight is 342 g/mol. The minimum atomic E-state index is -1.14. The highest BCUT2D eigenvalue weighted by atomic mass is 19.1. The van der Waals surface area contributed by atoms with Crippen molar-refractivity contribution in [3.63, 3.8) is 0 Å². The fraction of sp³-hybridized carbons (Fsp3) is 0.235. The largest absolute Gasteiger partial charge is 0.477 e. The van der Waals surface area contributed by atoms with Crippen molar-refractivity contribution in [3.05, 3.63) is 48.3 Å². The van der Waals surface area contributed by atoms with Crippen molar-refractivity contribution in [1.82, 2.24) is 19.7 Å². The van der Waals surface area contributed by atoms with Crippen LogP contribution in [0.15, 0.2) is 36.8 Å². The number of aliphatic hydroxyl groups excluding tert-OH is 1. The molecule has 0 spiro atoms. The number of aromatic nitrogens is 4. The maximum atomic E-state index is 13.2. The van der Waals surface area contributed by atoms with Crippen molar-refractivity contribution in [2.45, 2.75) is 25.0 Å². The van der Waals surface area contributed by atoms with Gasteiger partial charge in [0.05, 0.1) is 41.6 Å². The highest BCUT2D eigenvalue weighted by Crippen LogP contribution is 2.40. The van der Waals surface area contributed by atoms with Gasteiger partial charge in [-0.2, -0.15) is 5.10 Å². The summed E-state index contributed by atoms with van der Waals surface area (Å²) in [6.07, 6.45) is 3.96. The first kappa shape index (κ1) is 15.5. The number of aliphatic hydroxyl groups is 1. The average Bonchev–Trinajstić information content (AvgIpc) is 3.21. The van der Waals surface area contributed by atoms with Crippen LogP contribution in [-0.2, 0) is 0 Å². The summed E-state index contributed by atoms with van der Waals surface area (Å²) in [7, 11) is 0. The molecule has 2 atom stereocenters. The van der Waals surface area contributed by atoms with E-state index in [0.29, 0.717) is 28.9 Å². The van der Waals surface area contributed by atoms with Crippen LogP contribution < -0.4 is 0 Å². The summed E-state index contributed by atoms with van der Waals surface area (Å²) < 4.78 is 15.0. The second kappa shape index (κ2) is 5.82. The molecule has 0 aliphatic heterocycles. The second-order valence-electron chi connectivity index (χ2n) is 6.03. The molecule has 7 nitrogen and oxygen atoms in total. The lowest BCUT2D eigenvalue weighted by Gasteiger charge is -2.34. The molecule has 0 bridgehead atoms. The Labute approximate surface area is 141 Å². The molecular formula is C17H15FN4O3. The van der Waals surface area contributed by atoms with Crippen LogP contribution in [0.5, 0.6) is 0 Å². The summed E-state index contributed by atoms with van der Waals surface area (Å²) >= 11 is 0. The molecule has 1 fully saturated rings. The van der Waals surface area contributed by atoms with Gasteiger partial charge in [-0.3, -0.25) is 5.10 Å². The van der Waals surface area contributed by atoms with Crippen LogP contribution in [0.4, 0.5) is 4.39 Å². The molecule has 0 unspecified atom stereocenters. The summed E-state index contributed by atoms with van der Waals surface area (Å²) in [5.41, 5.74) is 2.04. The number of aromatic amines is 1. The number of carboxylic acid groups (broad SMARTS) is 1. The number of hydrogen-bond donors (Lipinski definition) is 3. The standard InChI is InChI=1S/C17H15FN4O3/c18-10-3-1-9(2-4-10)14-16(11-7-20-21-15(11)17(24)25)22(8-19-14)12-5-6-13(12)23/h1-4,7-8,12-13,23H,5-6H2,(H,20,21)(H,24,25)/t12-,13-/m0/s1. The molecular weight excluding hydrogens is 327 g/mol. The Balaban J connectivity index is 1.92. The van der Waals surface area contributed by atoms with E-state index in [1.54, 1.807) is 23.0 Å². The molecule has 25 heavy (non-hydrogen) atoms. The van der Waals surface area contributed by atoms with Crippen LogP contribution in [0.3, 0.4) is 0 Å². The number of carboxylic acids is 1. The van der Waals surface area contributed by atoms with Gasteiger partial charge in [-0.1, -0.05) is 0 Å². The van der Waals surface area contributed by atoms with Crippen LogP contribution in [0, 0.1) is 5.82 Å². The van der Waals surface area contributed by atoms with E-state index in [4.69, 9.17) is 0 Å². The van der Waals surface area contributed by atoms with E-state index in [9.17, 15) is 19.4 Å². The van der Waals surface area contributed by atoms with Crippen molar-refractivity contribution in [1.29, 1.82) is 0 Å². The SMILES string of the molecule is O=C(O)c1[nH]ncc1-c1c(-c2ccc(F)cc2)ncn1[C@H]1CC[C@@H]1O. The number of carbonyl (C=O) groups is 1. The molecule has 2 heterocycles. The lowest BCUT2D eigenvalue weighted by atomic mass is 9.88. The first-order valence-electron chi connectivity index (χ1n) is 7.84. The summed E-state index contributed by atoms with van der Waals surface area (Å²) in [4.78, 5) is 15.9. The molecule has 3 aromatic rings. The number of nitrogens with one attached hydrogen (secondary N) is 1. The summed E-state index contributed by atoms with van der Waals surface area (Å²) in [5.74, 6) is -1.51. The summed E-state index contributed by atoms with van der Waals surface area (Å²) in [6.45, 7) is 0. The zero-order valence-corrected chi connectivity index (χ0v) is 13.1. The van der Waals surface area contributed by atoms with Crippen LogP contribution in [0.2, 0.25) is 0 Å². The molecule has 0 radical (unpaired) electrons. The summed E-state index contributed by atoms with van der Waals surface area (Å²) in [5, 5.41) is 25.8. The number of imidazole rings is 1. The van der Waals surface area contributed by atoms with E-state index in [0.717, 1.165) is 6.42 Å². The number of hydrogen-bond acceptors (Lipinski definition) is 4. The maximum Gasteiger partial charge on any atom is 0.354 e. The highest BCUT2D eigenvalue weighted by Gasteiger charge is 2.34. The highest BCUT2D eigenvalue weighted by molar-refractivity contribution is 5.95. The summed E-state index contributed by atoms with van der Waals surface area (Å²) in [6, 6.07) is 5.65. The van der Waals surface area contributed by atoms with Crippen LogP contribution in [-0.4, -0.2) is 42.0 Å². The second-order valence-corrected chi connectivity index (χ2v) is 6.03. The van der Waals surface area contributed by atoms with Crippen molar-refractivity contribution in [2.24, 2.45) is 0 Å². The van der Waals surface area contributed by atoms with E-state index < -0.39 is 12.1 Å². The van der Waals surface area contributed by atoms with Gasteiger partial charge in [-0.25, -0.2) is 14.2 Å². The zero-order valence-electron chi connectivity index (χ0n) is 13.1. The zero-order chi connectivity index (χ0) is 17.6. The van der Waals surface area contributed by atoms with Gasteiger partial charge in [-0.05, 0) is 37.1 Å². The van der Waals surface area contributed by atoms with Gasteiger partial charge in [0.15, 0.2) is 5.69 Å². The quantitative estimate of drug-likeness (QED) is 0.676. The van der Waals surface area contributed by atoms with Gasteiger partial charge in [0.25, 0.3) is 0 Å². The molecule has 128 valence electrons. The Kier molecular flexibility index (Phi) is 3.61. The number of nitrogens with zero attached hydrogens (tertiary/aromatic N) is 3. The normalized spacial score (nSPS) is 19.6. The van der Waals surface area contributed by atoms with E-state index in [1.165, 1.54) is 18.3 Å². The van der Waals surface area contributed by atoms with Gasteiger partial charge in [0.2, 0.25) is 0 Å². The number of H-pyrrole nitrogens is 1. The third kappa shape index (κ3) is 2.51. The van der Waals surface area contributed by atoms with E-state index >= 15 is 0 Å². The monoisotopic (exact) mass is 342 g/mol. The van der Waals surface area contributed by atoms with E-state index in [1.807, 2.05) is 0 Å². The van der Waals surface area contributed by atoms with Crippen LogP contribution in [0.25, 0.3) is 22.5 Å². The third-order valence-corrected chi connectivity index (χ3v) is 4.58. The van der Waals surface area contributed by atoms with Gasteiger partial charge in [-0.15, -0.1) is 0 Å². The van der Waals surface area contributed by atoms with Gasteiger partial charge in [0, 0.05) is 5.56 Å². The maximum absolute atomic E-state index is 13.2. The number of aromatic carboxylic acids is 1. The first-order chi connectivity index (χ1) is 12.1. The fourth-order valence-electron chi connectivity index (χ4n) is 3.12. The Morgan fingerprint density at radius 2 is 2.04 bits per heavy atom. The van der Waals surface area contributed by atoms with Crippen LogP contribution in [0.1, 0.15) is 29.4 Å². The van der Waals surface area contributed by atoms with Crippen LogP contribution >= 0.6 is 0 Å². The molecule has 3 N–H and O–H groups in total. The molecule has 1 saturated carbocycles. The molecule has 1 aromatic carbocycles. The number of rotatable bonds is 4. The topological polar surface area (TPSA) is 104 Å². The van der Waals surface area contributed by atoms with Gasteiger partial charge < -0.3 is 14.8 Å². The van der Waals surface area contributed by atoms with Gasteiger partial charge >= 0.3 is 5.97 Å². The molecule has 1 aliphatic rings. The van der Waals surface area contributed by atoms with Crippen molar-refractivity contribution < 1.29 is 19.4 Å². The molecule has 2 aromatic heterocycles. The molecule has 4 rings (SSSR count). The molecule has 1 aliphatic carbocycles. The van der Waals surface area contributed by atoms with Gasteiger partial charge in [0.1, 0.15) is 5.82 Å². The Bertz CT molecular complexity index is 932. The molecule has 8 heteroatoms. The van der Waals surface area contributed by atoms with Crippen molar-refractivity contribution >= 4 is 5.97 Å². The Morgan fingerprint density at radius 3 is 2.64 bits per heavy atom. The number of benzene rings is 1. The van der Waals surface area contributed by atoms with Crippen molar-refractivity contribution in [2.75, 3.05) is 0 Å². The van der Waals surface area contributed by atoms with Crippen molar-refractivity contribution in [3.8, 4) is 22.5 Å². The fourth-order valence-corrected chi connectivity index (χ4v) is 3.12. The van der Waals surface area contributed by atoms with E-state index in [-0.39, 0.29) is 17.6 Å². The van der Waals surface area contributed by atoms with E-state index in [2.05, 4.69) is 15.2 Å². The predicted octanol–water partition coefficient (Wildman–Crippen LogP) is 2.47. The molecule has 0 saturated heterocycles. The Hall–Kier alpha value is -3.00. The lowest BCUT2D eigenvalue weighted by Crippen LogP contribution is -2.33.